The summed E-state index contributed by atoms with van der Waals surface area (Å²) in [6.45, 7) is 0.266. The van der Waals surface area contributed by atoms with Crippen LogP contribution >= 0.6 is 15.9 Å². The summed E-state index contributed by atoms with van der Waals surface area (Å²) >= 11 is 3.03. The second kappa shape index (κ2) is 18.9. The predicted octanol–water partition coefficient (Wildman–Crippen LogP) is 11.7. The molecule has 282 valence electrons. The number of non-ortho nitro benzene ring substituents is 1. The number of rotatable bonds is 13. The molecular formula is C45H38BrN3O6S. The van der Waals surface area contributed by atoms with E-state index in [9.17, 15) is 18.5 Å². The van der Waals surface area contributed by atoms with Gasteiger partial charge in [-0.15, -0.1) is 0 Å². The van der Waals surface area contributed by atoms with E-state index in [4.69, 9.17) is 9.29 Å². The summed E-state index contributed by atoms with van der Waals surface area (Å²) in [6, 6.07) is 51.9. The van der Waals surface area contributed by atoms with E-state index in [1.165, 1.54) is 12.1 Å². The number of alkyl halides is 1. The van der Waals surface area contributed by atoms with Crippen LogP contribution in [0, 0.1) is 10.1 Å². The molecule has 0 aliphatic heterocycles. The van der Waals surface area contributed by atoms with Crippen LogP contribution in [-0.2, 0) is 16.7 Å². The minimum atomic E-state index is -3.72. The van der Waals surface area contributed by atoms with E-state index in [0.717, 1.165) is 55.8 Å². The number of aromatic nitrogens is 1. The van der Waals surface area contributed by atoms with Gasteiger partial charge in [0, 0.05) is 51.7 Å². The van der Waals surface area contributed by atoms with Gasteiger partial charge in [0.1, 0.15) is 12.4 Å². The Morgan fingerprint density at radius 2 is 1.30 bits per heavy atom. The van der Waals surface area contributed by atoms with Crippen molar-refractivity contribution in [2.45, 2.75) is 13.0 Å². The molecule has 56 heavy (non-hydrogen) atoms. The average Bonchev–Trinajstić information content (AvgIpc) is 3.23. The number of para-hydroxylation sites is 3. The van der Waals surface area contributed by atoms with Gasteiger partial charge < -0.3 is 9.64 Å². The number of fused-ring (bicyclic) bond motifs is 1. The summed E-state index contributed by atoms with van der Waals surface area (Å²) in [7, 11) is -3.72. The maximum absolute atomic E-state index is 11.1. The molecule has 0 radical (unpaired) electrons. The normalized spacial score (nSPS) is 11.2. The molecule has 7 aromatic rings. The smallest absolute Gasteiger partial charge is 0.269 e. The Balaban J connectivity index is 0.000000601. The summed E-state index contributed by atoms with van der Waals surface area (Å²) in [6.07, 6.45) is 6.40. The Hall–Kier alpha value is -6.14. The highest BCUT2D eigenvalue weighted by molar-refractivity contribution is 9.09. The van der Waals surface area contributed by atoms with Crippen LogP contribution in [-0.4, -0.2) is 34.0 Å². The van der Waals surface area contributed by atoms with Crippen molar-refractivity contribution in [3.05, 3.63) is 191 Å². The molecule has 9 nitrogen and oxygen atoms in total. The lowest BCUT2D eigenvalue weighted by Crippen LogP contribution is -2.09. The van der Waals surface area contributed by atoms with E-state index >= 15 is 0 Å². The molecule has 0 amide bonds. The van der Waals surface area contributed by atoms with Gasteiger partial charge in [-0.25, -0.2) is 0 Å². The molecule has 0 spiro atoms. The van der Waals surface area contributed by atoms with Crippen molar-refractivity contribution in [3.63, 3.8) is 0 Å². The predicted molar refractivity (Wildman–Crippen MR) is 229 cm³/mol. The number of nitro groups is 1. The van der Waals surface area contributed by atoms with Crippen LogP contribution < -0.4 is 9.64 Å². The summed E-state index contributed by atoms with van der Waals surface area (Å²) in [5.41, 5.74) is 9.07. The van der Waals surface area contributed by atoms with Crippen molar-refractivity contribution in [3.8, 4) is 16.9 Å². The van der Waals surface area contributed by atoms with Gasteiger partial charge in [0.05, 0.1) is 16.2 Å². The fourth-order valence-electron chi connectivity index (χ4n) is 5.94. The molecule has 0 aliphatic carbocycles. The van der Waals surface area contributed by atoms with Crippen molar-refractivity contribution < 1.29 is 22.6 Å². The molecule has 11 heteroatoms. The monoisotopic (exact) mass is 827 g/mol. The summed E-state index contributed by atoms with van der Waals surface area (Å²) in [4.78, 5) is 17.5. The van der Waals surface area contributed by atoms with E-state index in [0.29, 0.717) is 17.5 Å². The van der Waals surface area contributed by atoms with Crippen molar-refractivity contribution in [1.82, 2.24) is 4.98 Å². The second-order valence-electron chi connectivity index (χ2n) is 12.6. The Labute approximate surface area is 334 Å². The van der Waals surface area contributed by atoms with Crippen molar-refractivity contribution in [1.29, 1.82) is 0 Å². The molecule has 0 saturated carbocycles. The molecule has 1 N–H and O–H groups in total. The topological polar surface area (TPSA) is 123 Å². The first-order valence-electron chi connectivity index (χ1n) is 17.7. The number of halogens is 1. The highest BCUT2D eigenvalue weighted by Crippen LogP contribution is 2.36. The van der Waals surface area contributed by atoms with Gasteiger partial charge in [-0.1, -0.05) is 107 Å². The molecule has 0 saturated heterocycles. The van der Waals surface area contributed by atoms with Gasteiger partial charge in [0.25, 0.3) is 15.8 Å². The van der Waals surface area contributed by atoms with Crippen LogP contribution in [0.2, 0.25) is 0 Å². The number of hydrogen-bond acceptors (Lipinski definition) is 7. The van der Waals surface area contributed by atoms with Gasteiger partial charge >= 0.3 is 0 Å². The standard InChI is InChI=1S/C42H31N3O3.C3H7BrO3S/c46-45(47)39-23-15-31(16-24-39)30-48-42-29-35(20-19-34(42)18-17-33-27-28-43-41-14-8-7-13-40(33)41)32-21-25-38(26-22-32)44(36-9-3-1-4-10-36)37-11-5-2-6-12-37;4-2-1-3-8(5,6)7/h1-29H,30H2;1-3H2,(H,5,6,7). The SMILES string of the molecule is O=S(=O)(O)CCCBr.O=[N+]([O-])c1ccc(COc2cc(-c3ccc(N(c4ccccc4)c4ccccc4)cc3)ccc2C=Cc2ccnc3ccccc23)cc1. The Morgan fingerprint density at radius 1 is 0.714 bits per heavy atom. The van der Waals surface area contributed by atoms with Crippen molar-refractivity contribution >= 4 is 71.9 Å². The zero-order chi connectivity index (χ0) is 39.3. The van der Waals surface area contributed by atoms with Crippen molar-refractivity contribution in [2.24, 2.45) is 0 Å². The first kappa shape index (κ1) is 39.6. The fraction of sp³-hybridized carbons (Fsp3) is 0.0889. The fourth-order valence-corrected chi connectivity index (χ4v) is 7.10. The average molecular weight is 829 g/mol. The van der Waals surface area contributed by atoms with Gasteiger partial charge in [0.15, 0.2) is 0 Å². The molecule has 0 aliphatic rings. The van der Waals surface area contributed by atoms with Crippen LogP contribution in [0.25, 0.3) is 34.2 Å². The quantitative estimate of drug-likeness (QED) is 0.0527. The number of anilines is 3. The number of hydrogen-bond donors (Lipinski definition) is 1. The largest absolute Gasteiger partial charge is 0.488 e. The van der Waals surface area contributed by atoms with Gasteiger partial charge in [-0.2, -0.15) is 8.42 Å². The minimum absolute atomic E-state index is 0.0514. The molecule has 6 aromatic carbocycles. The molecule has 0 fully saturated rings. The Bertz CT molecular complexity index is 2470. The molecule has 0 atom stereocenters. The first-order valence-corrected chi connectivity index (χ1v) is 20.5. The second-order valence-corrected chi connectivity index (χ2v) is 15.0. The number of ether oxygens (including phenoxy) is 1. The van der Waals surface area contributed by atoms with Gasteiger partial charge in [-0.05, 0) is 95.4 Å². The van der Waals surface area contributed by atoms with Gasteiger partial charge in [0.2, 0.25) is 0 Å². The van der Waals surface area contributed by atoms with E-state index in [1.807, 2.05) is 66.9 Å². The zero-order valence-corrected chi connectivity index (χ0v) is 32.6. The lowest BCUT2D eigenvalue weighted by atomic mass is 10.0. The van der Waals surface area contributed by atoms with E-state index in [1.54, 1.807) is 12.1 Å². The van der Waals surface area contributed by atoms with Crippen LogP contribution in [0.15, 0.2) is 164 Å². The lowest BCUT2D eigenvalue weighted by molar-refractivity contribution is -0.384. The first-order chi connectivity index (χ1) is 27.2. The molecule has 0 unspecified atom stereocenters. The van der Waals surface area contributed by atoms with Crippen LogP contribution in [0.4, 0.5) is 22.7 Å². The third-order valence-corrected chi connectivity index (χ3v) is 10.1. The van der Waals surface area contributed by atoms with Gasteiger partial charge in [-0.3, -0.25) is 19.7 Å². The Morgan fingerprint density at radius 3 is 1.91 bits per heavy atom. The minimum Gasteiger partial charge on any atom is -0.488 e. The Kier molecular flexibility index (Phi) is 13.4. The number of nitro benzene ring substituents is 1. The molecule has 0 bridgehead atoms. The number of pyridine rings is 1. The van der Waals surface area contributed by atoms with E-state index in [-0.39, 0.29) is 18.0 Å². The van der Waals surface area contributed by atoms with Crippen LogP contribution in [0.1, 0.15) is 23.1 Å². The molecular weight excluding hydrogens is 790 g/mol. The molecule has 1 aromatic heterocycles. The van der Waals surface area contributed by atoms with E-state index < -0.39 is 15.0 Å². The van der Waals surface area contributed by atoms with E-state index in [2.05, 4.69) is 111 Å². The summed E-state index contributed by atoms with van der Waals surface area (Å²) in [5, 5.41) is 12.8. The summed E-state index contributed by atoms with van der Waals surface area (Å²) in [5.74, 6) is 0.554. The maximum Gasteiger partial charge on any atom is 0.269 e. The van der Waals surface area contributed by atoms with Crippen LogP contribution in [0.3, 0.4) is 0 Å². The molecule has 1 heterocycles. The highest BCUT2D eigenvalue weighted by atomic mass is 79.9. The zero-order valence-electron chi connectivity index (χ0n) is 30.2. The number of benzene rings is 6. The third kappa shape index (κ3) is 10.8. The third-order valence-electron chi connectivity index (χ3n) is 8.70. The van der Waals surface area contributed by atoms with Crippen molar-refractivity contribution in [2.75, 3.05) is 16.0 Å². The number of nitrogens with zero attached hydrogens (tertiary/aromatic N) is 3. The van der Waals surface area contributed by atoms with Crippen LogP contribution in [0.5, 0.6) is 5.75 Å². The highest BCUT2D eigenvalue weighted by Gasteiger charge is 2.13. The lowest BCUT2D eigenvalue weighted by Gasteiger charge is -2.25. The molecule has 7 rings (SSSR count). The summed E-state index contributed by atoms with van der Waals surface area (Å²) < 4.78 is 34.3. The maximum atomic E-state index is 11.1.